The van der Waals surface area contributed by atoms with Gasteiger partial charge in [0.1, 0.15) is 17.1 Å². The number of carbonyl (C=O) groups is 1. The van der Waals surface area contributed by atoms with Gasteiger partial charge in [-0.05, 0) is 25.1 Å². The molecule has 0 aliphatic carbocycles. The summed E-state index contributed by atoms with van der Waals surface area (Å²) in [5.74, 6) is 1.30. The first-order chi connectivity index (χ1) is 8.27. The number of ketones is 1. The highest BCUT2D eigenvalue weighted by atomic mass is 16.5. The van der Waals surface area contributed by atoms with Gasteiger partial charge in [0.05, 0.1) is 14.2 Å². The lowest BCUT2D eigenvalue weighted by atomic mass is 9.95. The summed E-state index contributed by atoms with van der Waals surface area (Å²) < 4.78 is 10.5. The van der Waals surface area contributed by atoms with Crippen molar-refractivity contribution in [1.82, 2.24) is 5.32 Å². The molecule has 0 saturated carbocycles. The van der Waals surface area contributed by atoms with E-state index in [0.29, 0.717) is 17.1 Å². The molecule has 1 saturated heterocycles. The SMILES string of the molecule is COc1cccc(OC)c1C(=O)C1CCNC1. The summed E-state index contributed by atoms with van der Waals surface area (Å²) in [6.45, 7) is 1.63. The summed E-state index contributed by atoms with van der Waals surface area (Å²) in [7, 11) is 3.14. The lowest BCUT2D eigenvalue weighted by Gasteiger charge is -2.14. The number of nitrogens with one attached hydrogen (secondary N) is 1. The molecule has 1 aromatic rings. The van der Waals surface area contributed by atoms with Crippen LogP contribution in [0.5, 0.6) is 11.5 Å². The maximum atomic E-state index is 12.4. The van der Waals surface area contributed by atoms with Crippen molar-refractivity contribution in [2.75, 3.05) is 27.3 Å². The zero-order valence-corrected chi connectivity index (χ0v) is 10.2. The van der Waals surface area contributed by atoms with E-state index < -0.39 is 0 Å². The zero-order valence-electron chi connectivity index (χ0n) is 10.2. The first kappa shape index (κ1) is 11.9. The first-order valence-electron chi connectivity index (χ1n) is 5.74. The van der Waals surface area contributed by atoms with Crippen molar-refractivity contribution < 1.29 is 14.3 Å². The fraction of sp³-hybridized carbons (Fsp3) is 0.462. The first-order valence-corrected chi connectivity index (χ1v) is 5.74. The Balaban J connectivity index is 2.37. The van der Waals surface area contributed by atoms with Gasteiger partial charge in [-0.15, -0.1) is 0 Å². The van der Waals surface area contributed by atoms with Crippen LogP contribution in [0.15, 0.2) is 18.2 Å². The molecule has 1 aliphatic rings. The molecule has 92 valence electrons. The van der Waals surface area contributed by atoms with Crippen molar-refractivity contribution in [2.45, 2.75) is 6.42 Å². The smallest absolute Gasteiger partial charge is 0.174 e. The molecule has 17 heavy (non-hydrogen) atoms. The van der Waals surface area contributed by atoms with Crippen molar-refractivity contribution in [3.8, 4) is 11.5 Å². The third kappa shape index (κ3) is 2.26. The summed E-state index contributed by atoms with van der Waals surface area (Å²) in [5, 5.41) is 3.20. The van der Waals surface area contributed by atoms with Gasteiger partial charge < -0.3 is 14.8 Å². The van der Waals surface area contributed by atoms with Crippen LogP contribution in [0.4, 0.5) is 0 Å². The van der Waals surface area contributed by atoms with Gasteiger partial charge in [0.25, 0.3) is 0 Å². The Morgan fingerprint density at radius 3 is 2.41 bits per heavy atom. The minimum atomic E-state index is 0.0280. The highest BCUT2D eigenvalue weighted by Crippen LogP contribution is 2.31. The van der Waals surface area contributed by atoms with E-state index in [2.05, 4.69) is 5.32 Å². The van der Waals surface area contributed by atoms with E-state index in [1.165, 1.54) is 0 Å². The summed E-state index contributed by atoms with van der Waals surface area (Å²) in [4.78, 5) is 12.4. The Hall–Kier alpha value is -1.55. The molecule has 1 heterocycles. The Labute approximate surface area is 101 Å². The molecule has 4 heteroatoms. The molecule has 0 spiro atoms. The predicted molar refractivity (Wildman–Crippen MR) is 64.9 cm³/mol. The molecule has 0 amide bonds. The topological polar surface area (TPSA) is 47.6 Å². The molecule has 1 unspecified atom stereocenters. The van der Waals surface area contributed by atoms with Crippen molar-refractivity contribution in [3.05, 3.63) is 23.8 Å². The number of carbonyl (C=O) groups excluding carboxylic acids is 1. The van der Waals surface area contributed by atoms with Crippen LogP contribution >= 0.6 is 0 Å². The molecular formula is C13H17NO3. The highest BCUT2D eigenvalue weighted by Gasteiger charge is 2.28. The van der Waals surface area contributed by atoms with E-state index >= 15 is 0 Å². The molecule has 1 aliphatic heterocycles. The van der Waals surface area contributed by atoms with E-state index in [-0.39, 0.29) is 11.7 Å². The molecule has 1 atom stereocenters. The Morgan fingerprint density at radius 1 is 1.29 bits per heavy atom. The second-order valence-corrected chi connectivity index (χ2v) is 4.09. The molecule has 4 nitrogen and oxygen atoms in total. The average molecular weight is 235 g/mol. The summed E-state index contributed by atoms with van der Waals surface area (Å²) in [5.41, 5.74) is 0.561. The lowest BCUT2D eigenvalue weighted by Crippen LogP contribution is -2.19. The van der Waals surface area contributed by atoms with Crippen LogP contribution in [0.25, 0.3) is 0 Å². The minimum absolute atomic E-state index is 0.0280. The van der Waals surface area contributed by atoms with Crippen LogP contribution < -0.4 is 14.8 Å². The Bertz CT molecular complexity index is 389. The molecule has 1 N–H and O–H groups in total. The molecule has 0 radical (unpaired) electrons. The van der Waals surface area contributed by atoms with Crippen molar-refractivity contribution in [1.29, 1.82) is 0 Å². The number of ether oxygens (including phenoxy) is 2. The van der Waals surface area contributed by atoms with E-state index in [4.69, 9.17) is 9.47 Å². The standard InChI is InChI=1S/C13H17NO3/c1-16-10-4-3-5-11(17-2)12(10)13(15)9-6-7-14-8-9/h3-5,9,14H,6-8H2,1-2H3. The number of hydrogen-bond donors (Lipinski definition) is 1. The molecule has 0 aromatic heterocycles. The molecule has 1 aromatic carbocycles. The maximum Gasteiger partial charge on any atom is 0.174 e. The normalized spacial score (nSPS) is 19.1. The van der Waals surface area contributed by atoms with E-state index in [1.807, 2.05) is 6.07 Å². The maximum absolute atomic E-state index is 12.4. The van der Waals surface area contributed by atoms with Crippen molar-refractivity contribution in [2.24, 2.45) is 5.92 Å². The minimum Gasteiger partial charge on any atom is -0.496 e. The third-order valence-corrected chi connectivity index (χ3v) is 3.11. The van der Waals surface area contributed by atoms with Crippen LogP contribution in [0.1, 0.15) is 16.8 Å². The van der Waals surface area contributed by atoms with Crippen LogP contribution in [-0.4, -0.2) is 33.1 Å². The highest BCUT2D eigenvalue weighted by molar-refractivity contribution is 6.03. The van der Waals surface area contributed by atoms with E-state index in [0.717, 1.165) is 19.5 Å². The number of benzene rings is 1. The van der Waals surface area contributed by atoms with Crippen molar-refractivity contribution >= 4 is 5.78 Å². The predicted octanol–water partition coefficient (Wildman–Crippen LogP) is 1.50. The van der Waals surface area contributed by atoms with Crippen LogP contribution in [0.3, 0.4) is 0 Å². The fourth-order valence-corrected chi connectivity index (χ4v) is 2.18. The monoisotopic (exact) mass is 235 g/mol. The van der Waals surface area contributed by atoms with E-state index in [1.54, 1.807) is 26.4 Å². The third-order valence-electron chi connectivity index (χ3n) is 3.11. The number of rotatable bonds is 4. The second-order valence-electron chi connectivity index (χ2n) is 4.09. The Morgan fingerprint density at radius 2 is 1.94 bits per heavy atom. The summed E-state index contributed by atoms with van der Waals surface area (Å²) in [6, 6.07) is 5.40. The van der Waals surface area contributed by atoms with Crippen LogP contribution in [0, 0.1) is 5.92 Å². The lowest BCUT2D eigenvalue weighted by molar-refractivity contribution is 0.0924. The molecular weight excluding hydrogens is 218 g/mol. The number of hydrogen-bond acceptors (Lipinski definition) is 4. The summed E-state index contributed by atoms with van der Waals surface area (Å²) >= 11 is 0. The summed E-state index contributed by atoms with van der Waals surface area (Å²) in [6.07, 6.45) is 0.875. The van der Waals surface area contributed by atoms with Gasteiger partial charge in [0.15, 0.2) is 5.78 Å². The van der Waals surface area contributed by atoms with Gasteiger partial charge in [-0.2, -0.15) is 0 Å². The van der Waals surface area contributed by atoms with Gasteiger partial charge in [-0.25, -0.2) is 0 Å². The van der Waals surface area contributed by atoms with Gasteiger partial charge >= 0.3 is 0 Å². The van der Waals surface area contributed by atoms with Gasteiger partial charge in [-0.3, -0.25) is 4.79 Å². The molecule has 1 fully saturated rings. The van der Waals surface area contributed by atoms with Crippen molar-refractivity contribution in [3.63, 3.8) is 0 Å². The quantitative estimate of drug-likeness (QED) is 0.803. The van der Waals surface area contributed by atoms with Crippen LogP contribution in [-0.2, 0) is 0 Å². The van der Waals surface area contributed by atoms with Gasteiger partial charge in [-0.1, -0.05) is 6.07 Å². The largest absolute Gasteiger partial charge is 0.496 e. The van der Waals surface area contributed by atoms with E-state index in [9.17, 15) is 4.79 Å². The fourth-order valence-electron chi connectivity index (χ4n) is 2.18. The van der Waals surface area contributed by atoms with Gasteiger partial charge in [0.2, 0.25) is 0 Å². The average Bonchev–Trinajstić information content (AvgIpc) is 2.90. The Kier molecular flexibility index (Phi) is 3.64. The molecule has 0 bridgehead atoms. The van der Waals surface area contributed by atoms with Gasteiger partial charge in [0, 0.05) is 12.5 Å². The number of methoxy groups -OCH3 is 2. The molecule has 2 rings (SSSR count). The number of Topliss-reactive ketones (excluding diaryl/α,β-unsaturated/α-hetero) is 1. The van der Waals surface area contributed by atoms with Crippen LogP contribution in [0.2, 0.25) is 0 Å². The second kappa shape index (κ2) is 5.19. The zero-order chi connectivity index (χ0) is 12.3.